The largest absolute Gasteiger partial charge is 0.466 e. The lowest BCUT2D eigenvalue weighted by molar-refractivity contribution is -0.142. The van der Waals surface area contributed by atoms with Crippen molar-refractivity contribution in [3.05, 3.63) is 32.2 Å². The highest BCUT2D eigenvalue weighted by Gasteiger charge is 2.13. The fourth-order valence-electron chi connectivity index (χ4n) is 1.24. The molecule has 0 radical (unpaired) electrons. The Bertz CT molecular complexity index is 452. The van der Waals surface area contributed by atoms with Gasteiger partial charge in [0.25, 0.3) is 0 Å². The van der Waals surface area contributed by atoms with Crippen molar-refractivity contribution in [2.75, 3.05) is 6.61 Å². The van der Waals surface area contributed by atoms with Crippen molar-refractivity contribution >= 4 is 37.8 Å². The molecule has 0 atom stereocenters. The predicted molar refractivity (Wildman–Crippen MR) is 66.9 cm³/mol. The van der Waals surface area contributed by atoms with Gasteiger partial charge in [-0.2, -0.15) is 5.26 Å². The van der Waals surface area contributed by atoms with Crippen molar-refractivity contribution in [3.8, 4) is 6.07 Å². The van der Waals surface area contributed by atoms with Crippen LogP contribution in [0.15, 0.2) is 21.1 Å². The molecule has 0 aliphatic carbocycles. The van der Waals surface area contributed by atoms with Crippen LogP contribution in [0.5, 0.6) is 0 Å². The summed E-state index contributed by atoms with van der Waals surface area (Å²) in [7, 11) is 0. The van der Waals surface area contributed by atoms with E-state index < -0.39 is 0 Å². The van der Waals surface area contributed by atoms with Crippen LogP contribution in [-0.2, 0) is 16.0 Å². The highest BCUT2D eigenvalue weighted by Crippen LogP contribution is 2.26. The van der Waals surface area contributed by atoms with Crippen LogP contribution in [0, 0.1) is 11.3 Å². The average molecular weight is 347 g/mol. The second-order valence-corrected chi connectivity index (χ2v) is 4.78. The van der Waals surface area contributed by atoms with Gasteiger partial charge in [0.1, 0.15) is 0 Å². The first-order valence-corrected chi connectivity index (χ1v) is 6.20. The van der Waals surface area contributed by atoms with Gasteiger partial charge in [0.05, 0.1) is 24.7 Å². The van der Waals surface area contributed by atoms with E-state index in [1.165, 1.54) is 0 Å². The molecule has 5 heteroatoms. The zero-order valence-corrected chi connectivity index (χ0v) is 11.8. The maximum absolute atomic E-state index is 11.4. The minimum absolute atomic E-state index is 0.102. The molecule has 0 aromatic heterocycles. The number of halogens is 2. The molecule has 16 heavy (non-hydrogen) atoms. The number of nitriles is 1. The quantitative estimate of drug-likeness (QED) is 0.790. The van der Waals surface area contributed by atoms with E-state index in [-0.39, 0.29) is 12.4 Å². The highest BCUT2D eigenvalue weighted by molar-refractivity contribution is 9.11. The van der Waals surface area contributed by atoms with Gasteiger partial charge >= 0.3 is 5.97 Å². The van der Waals surface area contributed by atoms with Gasteiger partial charge in [-0.15, -0.1) is 0 Å². The summed E-state index contributed by atoms with van der Waals surface area (Å²) in [5.74, 6) is -0.331. The molecule has 0 spiro atoms. The van der Waals surface area contributed by atoms with E-state index in [9.17, 15) is 4.79 Å². The monoisotopic (exact) mass is 345 g/mol. The number of hydrogen-bond acceptors (Lipinski definition) is 3. The van der Waals surface area contributed by atoms with Crippen LogP contribution in [0.3, 0.4) is 0 Å². The summed E-state index contributed by atoms with van der Waals surface area (Å²) >= 11 is 6.62. The van der Waals surface area contributed by atoms with Crippen molar-refractivity contribution in [1.29, 1.82) is 5.26 Å². The minimum Gasteiger partial charge on any atom is -0.466 e. The first kappa shape index (κ1) is 13.2. The van der Waals surface area contributed by atoms with E-state index in [1.807, 2.05) is 0 Å². The smallest absolute Gasteiger partial charge is 0.310 e. The summed E-state index contributed by atoms with van der Waals surface area (Å²) in [5.41, 5.74) is 1.12. The van der Waals surface area contributed by atoms with Gasteiger partial charge in [0.15, 0.2) is 0 Å². The van der Waals surface area contributed by atoms with Crippen LogP contribution >= 0.6 is 31.9 Å². The SMILES string of the molecule is CCOC(=O)Cc1c(Br)cc(Br)cc1C#N. The number of esters is 1. The zero-order valence-electron chi connectivity index (χ0n) is 8.59. The fourth-order valence-corrected chi connectivity index (χ4v) is 2.60. The fraction of sp³-hybridized carbons (Fsp3) is 0.273. The molecule has 0 aliphatic rings. The third-order valence-corrected chi connectivity index (χ3v) is 3.07. The van der Waals surface area contributed by atoms with E-state index in [4.69, 9.17) is 10.00 Å². The zero-order chi connectivity index (χ0) is 12.1. The van der Waals surface area contributed by atoms with Crippen molar-refractivity contribution in [1.82, 2.24) is 0 Å². The molecule has 0 bridgehead atoms. The Labute approximate surface area is 111 Å². The third-order valence-electron chi connectivity index (χ3n) is 1.91. The van der Waals surface area contributed by atoms with E-state index in [0.29, 0.717) is 17.7 Å². The standard InChI is InChI=1S/C11H9Br2NO2/c1-2-16-11(15)5-9-7(6-14)3-8(12)4-10(9)13/h3-4H,2,5H2,1H3. The molecule has 0 fully saturated rings. The summed E-state index contributed by atoms with van der Waals surface area (Å²) in [6.45, 7) is 2.09. The van der Waals surface area contributed by atoms with Gasteiger partial charge in [0, 0.05) is 8.95 Å². The second kappa shape index (κ2) is 6.02. The predicted octanol–water partition coefficient (Wildman–Crippen LogP) is 3.19. The topological polar surface area (TPSA) is 50.1 Å². The normalized spacial score (nSPS) is 9.62. The van der Waals surface area contributed by atoms with Crippen LogP contribution < -0.4 is 0 Å². The third kappa shape index (κ3) is 3.32. The van der Waals surface area contributed by atoms with Crippen LogP contribution in [-0.4, -0.2) is 12.6 Å². The highest BCUT2D eigenvalue weighted by atomic mass is 79.9. The number of rotatable bonds is 3. The Kier molecular flexibility index (Phi) is 4.97. The van der Waals surface area contributed by atoms with Crippen molar-refractivity contribution < 1.29 is 9.53 Å². The van der Waals surface area contributed by atoms with Crippen molar-refractivity contribution in [2.24, 2.45) is 0 Å². The Hall–Kier alpha value is -0.860. The van der Waals surface area contributed by atoms with Crippen LogP contribution in [0.1, 0.15) is 18.1 Å². The lowest BCUT2D eigenvalue weighted by atomic mass is 10.1. The molecular weight excluding hydrogens is 338 g/mol. The number of carbonyl (C=O) groups is 1. The Balaban J connectivity index is 3.04. The number of hydrogen-bond donors (Lipinski definition) is 0. The molecule has 3 nitrogen and oxygen atoms in total. The van der Waals surface area contributed by atoms with Crippen molar-refractivity contribution in [3.63, 3.8) is 0 Å². The molecule has 0 saturated heterocycles. The average Bonchev–Trinajstić information content (AvgIpc) is 2.22. The summed E-state index contributed by atoms with van der Waals surface area (Å²) < 4.78 is 6.37. The summed E-state index contributed by atoms with van der Waals surface area (Å²) in [6.07, 6.45) is 0.102. The lowest BCUT2D eigenvalue weighted by Crippen LogP contribution is -2.09. The number of ether oxygens (including phenoxy) is 1. The van der Waals surface area contributed by atoms with E-state index in [1.54, 1.807) is 19.1 Å². The minimum atomic E-state index is -0.331. The molecule has 1 aromatic rings. The van der Waals surface area contributed by atoms with Crippen LogP contribution in [0.25, 0.3) is 0 Å². The van der Waals surface area contributed by atoms with Gasteiger partial charge in [-0.05, 0) is 24.6 Å². The molecule has 1 aromatic carbocycles. The van der Waals surface area contributed by atoms with Gasteiger partial charge in [-0.1, -0.05) is 31.9 Å². The molecule has 0 aliphatic heterocycles. The maximum atomic E-state index is 11.4. The summed E-state index contributed by atoms with van der Waals surface area (Å²) in [4.78, 5) is 11.4. The number of carbonyl (C=O) groups excluding carboxylic acids is 1. The van der Waals surface area contributed by atoms with Gasteiger partial charge in [-0.25, -0.2) is 0 Å². The molecular formula is C11H9Br2NO2. The second-order valence-electron chi connectivity index (χ2n) is 3.01. The van der Waals surface area contributed by atoms with E-state index in [0.717, 1.165) is 8.95 Å². The molecule has 0 heterocycles. The summed E-state index contributed by atoms with van der Waals surface area (Å²) in [6, 6.07) is 5.54. The summed E-state index contributed by atoms with van der Waals surface area (Å²) in [5, 5.41) is 8.97. The van der Waals surface area contributed by atoms with Gasteiger partial charge in [-0.3, -0.25) is 4.79 Å². The van der Waals surface area contributed by atoms with E-state index >= 15 is 0 Å². The lowest BCUT2D eigenvalue weighted by Gasteiger charge is -2.07. The maximum Gasteiger partial charge on any atom is 0.310 e. The van der Waals surface area contributed by atoms with Gasteiger partial charge in [0.2, 0.25) is 0 Å². The first-order chi connectivity index (χ1) is 7.58. The molecule has 1 rings (SSSR count). The van der Waals surface area contributed by atoms with Crippen molar-refractivity contribution in [2.45, 2.75) is 13.3 Å². The molecule has 0 N–H and O–H groups in total. The van der Waals surface area contributed by atoms with E-state index in [2.05, 4.69) is 37.9 Å². The Morgan fingerprint density at radius 1 is 1.50 bits per heavy atom. The molecule has 0 unspecified atom stereocenters. The van der Waals surface area contributed by atoms with Gasteiger partial charge < -0.3 is 4.74 Å². The Morgan fingerprint density at radius 3 is 2.75 bits per heavy atom. The molecule has 0 saturated carbocycles. The molecule has 84 valence electrons. The number of benzene rings is 1. The Morgan fingerprint density at radius 2 is 2.19 bits per heavy atom. The van der Waals surface area contributed by atoms with Crippen LogP contribution in [0.4, 0.5) is 0 Å². The first-order valence-electron chi connectivity index (χ1n) is 4.62. The van der Waals surface area contributed by atoms with Crippen LogP contribution in [0.2, 0.25) is 0 Å². The molecule has 0 amide bonds. The number of nitrogens with zero attached hydrogens (tertiary/aromatic N) is 1.